The molecular formula is C24H22N4OS. The number of hydrogen-bond acceptors (Lipinski definition) is 4. The molecule has 5 nitrogen and oxygen atoms in total. The van der Waals surface area contributed by atoms with E-state index in [0.29, 0.717) is 5.75 Å². The fraction of sp³-hybridized carbons (Fsp3) is 0.208. The molecule has 0 spiro atoms. The molecule has 0 aliphatic carbocycles. The average Bonchev–Trinajstić information content (AvgIpc) is 3.31. The molecule has 3 heterocycles. The van der Waals surface area contributed by atoms with Gasteiger partial charge in [0.2, 0.25) is 5.91 Å². The minimum absolute atomic E-state index is 0.106. The van der Waals surface area contributed by atoms with Gasteiger partial charge in [0.1, 0.15) is 10.9 Å². The van der Waals surface area contributed by atoms with Gasteiger partial charge in [0, 0.05) is 23.5 Å². The molecule has 150 valence electrons. The third-order valence-electron chi connectivity index (χ3n) is 5.47. The van der Waals surface area contributed by atoms with E-state index in [1.807, 2.05) is 41.3 Å². The lowest BCUT2D eigenvalue weighted by molar-refractivity contribution is -0.116. The van der Waals surface area contributed by atoms with Gasteiger partial charge in [-0.15, -0.1) is 0 Å². The topological polar surface area (TPSA) is 61.9 Å². The standard InChI is InChI=1S/C24H22N4OS/c1-15-9-10-19-20(12-15)27-23(26-19)18-7-5-11-25-24(18)30-14-22(29)28-16(2)13-17-6-3-4-8-21(17)28/h3-12,16H,13-14H2,1-2H3,(H,26,27)/t16-/m0/s1. The van der Waals surface area contributed by atoms with Crippen LogP contribution in [0, 0.1) is 6.92 Å². The summed E-state index contributed by atoms with van der Waals surface area (Å²) in [5, 5.41) is 0.807. The Morgan fingerprint density at radius 2 is 2.07 bits per heavy atom. The second kappa shape index (κ2) is 7.61. The fourth-order valence-corrected chi connectivity index (χ4v) is 4.94. The van der Waals surface area contributed by atoms with Crippen LogP contribution in [-0.2, 0) is 11.2 Å². The molecule has 0 saturated carbocycles. The summed E-state index contributed by atoms with van der Waals surface area (Å²) < 4.78 is 0. The lowest BCUT2D eigenvalue weighted by Crippen LogP contribution is -2.37. The minimum Gasteiger partial charge on any atom is -0.338 e. The van der Waals surface area contributed by atoms with Crippen molar-refractivity contribution in [1.29, 1.82) is 0 Å². The predicted octanol–water partition coefficient (Wildman–Crippen LogP) is 5.00. The van der Waals surface area contributed by atoms with Gasteiger partial charge in [-0.2, -0.15) is 0 Å². The number of imidazole rings is 1. The quantitative estimate of drug-likeness (QED) is 0.477. The first-order valence-electron chi connectivity index (χ1n) is 10.0. The van der Waals surface area contributed by atoms with Crippen molar-refractivity contribution in [3.8, 4) is 11.4 Å². The van der Waals surface area contributed by atoms with Gasteiger partial charge >= 0.3 is 0 Å². The van der Waals surface area contributed by atoms with Crippen LogP contribution in [0.5, 0.6) is 0 Å². The van der Waals surface area contributed by atoms with E-state index in [4.69, 9.17) is 4.98 Å². The zero-order valence-corrected chi connectivity index (χ0v) is 17.7. The number of aromatic nitrogens is 3. The van der Waals surface area contributed by atoms with Crippen molar-refractivity contribution in [2.45, 2.75) is 31.3 Å². The monoisotopic (exact) mass is 414 g/mol. The Hall–Kier alpha value is -3.12. The van der Waals surface area contributed by atoms with Gasteiger partial charge in [-0.3, -0.25) is 4.79 Å². The van der Waals surface area contributed by atoms with Gasteiger partial charge < -0.3 is 9.88 Å². The highest BCUT2D eigenvalue weighted by molar-refractivity contribution is 8.00. The Balaban J connectivity index is 1.39. The van der Waals surface area contributed by atoms with Crippen LogP contribution in [-0.4, -0.2) is 32.7 Å². The van der Waals surface area contributed by atoms with Gasteiger partial charge in [-0.25, -0.2) is 9.97 Å². The highest BCUT2D eigenvalue weighted by Gasteiger charge is 2.30. The third kappa shape index (κ3) is 3.37. The lowest BCUT2D eigenvalue weighted by atomic mass is 10.1. The fourth-order valence-electron chi connectivity index (χ4n) is 4.08. The van der Waals surface area contributed by atoms with E-state index in [2.05, 4.69) is 42.0 Å². The minimum atomic E-state index is 0.106. The predicted molar refractivity (Wildman–Crippen MR) is 122 cm³/mol. The Bertz CT molecular complexity index is 1250. The normalized spacial score (nSPS) is 15.5. The number of thioether (sulfide) groups is 1. The zero-order valence-electron chi connectivity index (χ0n) is 16.9. The maximum absolute atomic E-state index is 13.1. The molecule has 1 aliphatic rings. The van der Waals surface area contributed by atoms with Gasteiger partial charge in [0.25, 0.3) is 0 Å². The van der Waals surface area contributed by atoms with Crippen molar-refractivity contribution in [2.24, 2.45) is 0 Å². The molecule has 4 aromatic rings. The van der Waals surface area contributed by atoms with Crippen LogP contribution in [0.15, 0.2) is 65.8 Å². The molecule has 0 unspecified atom stereocenters. The molecule has 5 rings (SSSR count). The summed E-state index contributed by atoms with van der Waals surface area (Å²) >= 11 is 1.46. The largest absolute Gasteiger partial charge is 0.338 e. The number of carbonyl (C=O) groups excluding carboxylic acids is 1. The number of carbonyl (C=O) groups is 1. The number of pyridine rings is 1. The lowest BCUT2D eigenvalue weighted by Gasteiger charge is -2.22. The summed E-state index contributed by atoms with van der Waals surface area (Å²) in [5.41, 5.74) is 6.30. The highest BCUT2D eigenvalue weighted by atomic mass is 32.2. The van der Waals surface area contributed by atoms with Crippen molar-refractivity contribution in [2.75, 3.05) is 10.7 Å². The smallest absolute Gasteiger partial charge is 0.237 e. The van der Waals surface area contributed by atoms with Gasteiger partial charge in [0.15, 0.2) is 0 Å². The van der Waals surface area contributed by atoms with Crippen molar-refractivity contribution >= 4 is 34.4 Å². The summed E-state index contributed by atoms with van der Waals surface area (Å²) in [5.74, 6) is 1.22. The number of H-pyrrole nitrogens is 1. The number of aryl methyl sites for hydroxylation is 1. The van der Waals surface area contributed by atoms with E-state index < -0.39 is 0 Å². The number of benzene rings is 2. The maximum Gasteiger partial charge on any atom is 0.237 e. The van der Waals surface area contributed by atoms with E-state index in [9.17, 15) is 4.79 Å². The molecule has 0 bridgehead atoms. The van der Waals surface area contributed by atoms with Crippen LogP contribution < -0.4 is 4.90 Å². The number of rotatable bonds is 4. The molecule has 30 heavy (non-hydrogen) atoms. The van der Waals surface area contributed by atoms with Crippen LogP contribution in [0.25, 0.3) is 22.4 Å². The molecule has 6 heteroatoms. The molecule has 2 aromatic carbocycles. The first-order chi connectivity index (χ1) is 14.6. The van der Waals surface area contributed by atoms with E-state index in [-0.39, 0.29) is 11.9 Å². The van der Waals surface area contributed by atoms with Crippen molar-refractivity contribution in [1.82, 2.24) is 15.0 Å². The van der Waals surface area contributed by atoms with Crippen LogP contribution in [0.4, 0.5) is 5.69 Å². The van der Waals surface area contributed by atoms with Crippen LogP contribution in [0.1, 0.15) is 18.1 Å². The average molecular weight is 415 g/mol. The Labute approximate surface area is 179 Å². The summed E-state index contributed by atoms with van der Waals surface area (Å²) in [6, 6.07) is 18.4. The van der Waals surface area contributed by atoms with Crippen molar-refractivity contribution in [3.63, 3.8) is 0 Å². The number of hydrogen-bond donors (Lipinski definition) is 1. The molecule has 1 atom stereocenters. The van der Waals surface area contributed by atoms with Crippen molar-refractivity contribution < 1.29 is 4.79 Å². The number of amides is 1. The summed E-state index contributed by atoms with van der Waals surface area (Å²) in [6.45, 7) is 4.17. The molecule has 0 fully saturated rings. The van der Waals surface area contributed by atoms with Gasteiger partial charge in [0.05, 0.1) is 16.8 Å². The van der Waals surface area contributed by atoms with Gasteiger partial charge in [-0.05, 0) is 61.7 Å². The number of nitrogens with one attached hydrogen (secondary N) is 1. The molecule has 0 radical (unpaired) electrons. The Morgan fingerprint density at radius 1 is 1.20 bits per heavy atom. The summed E-state index contributed by atoms with van der Waals surface area (Å²) in [4.78, 5) is 27.7. The number of nitrogens with zero attached hydrogens (tertiary/aromatic N) is 3. The van der Waals surface area contributed by atoms with E-state index in [1.165, 1.54) is 22.9 Å². The number of fused-ring (bicyclic) bond motifs is 2. The van der Waals surface area contributed by atoms with Crippen LogP contribution in [0.3, 0.4) is 0 Å². The number of aromatic amines is 1. The third-order valence-corrected chi connectivity index (χ3v) is 6.46. The molecule has 1 N–H and O–H groups in total. The van der Waals surface area contributed by atoms with Crippen molar-refractivity contribution in [3.05, 3.63) is 71.9 Å². The van der Waals surface area contributed by atoms with E-state index in [1.54, 1.807) is 6.20 Å². The van der Waals surface area contributed by atoms with Crippen LogP contribution in [0.2, 0.25) is 0 Å². The molecule has 1 aliphatic heterocycles. The first kappa shape index (κ1) is 18.9. The van der Waals surface area contributed by atoms with Crippen LogP contribution >= 0.6 is 11.8 Å². The Kier molecular flexibility index (Phi) is 4.79. The zero-order chi connectivity index (χ0) is 20.7. The molecular weight excluding hydrogens is 392 g/mol. The second-order valence-corrected chi connectivity index (χ2v) is 8.66. The van der Waals surface area contributed by atoms with E-state index >= 15 is 0 Å². The maximum atomic E-state index is 13.1. The molecule has 2 aromatic heterocycles. The first-order valence-corrected chi connectivity index (χ1v) is 11.0. The summed E-state index contributed by atoms with van der Waals surface area (Å²) in [6.07, 6.45) is 2.66. The molecule has 0 saturated heterocycles. The second-order valence-electron chi connectivity index (χ2n) is 7.70. The highest BCUT2D eigenvalue weighted by Crippen LogP contribution is 2.34. The van der Waals surface area contributed by atoms with E-state index in [0.717, 1.165) is 39.6 Å². The van der Waals surface area contributed by atoms with Gasteiger partial charge in [-0.1, -0.05) is 36.0 Å². The number of para-hydroxylation sites is 1. The number of anilines is 1. The summed E-state index contributed by atoms with van der Waals surface area (Å²) in [7, 11) is 0. The SMILES string of the molecule is Cc1ccc2nc(-c3cccnc3SCC(=O)N3c4ccccc4C[C@@H]3C)[nH]c2c1. The Morgan fingerprint density at radius 3 is 2.97 bits per heavy atom. The molecule has 1 amide bonds.